The fraction of sp³-hybridized carbons (Fsp3) is 0.867. The van der Waals surface area contributed by atoms with Crippen LogP contribution in [-0.2, 0) is 71.3 Å². The van der Waals surface area contributed by atoms with Gasteiger partial charge in [-0.25, -0.2) is 0 Å². The normalized spacial score (nSPS) is 44.9. The first-order chi connectivity index (χ1) is 26.1. The standard InChI is InChI=1S/C30H48N2O23/c1-9(37)31-13-21(15(39)11(5-33)49-25(13)46-4)51-28-20(44)18(42)24(30(55-28)48-8-36)53-26-14(32-10(2)38)22(16(40)12(6-34)50-26)52-27-19(43)17(41)23(45-3)29(54-27)47-7-35/h7-8,11-30,33-34,39-44H,5-6H2,1-4H3,(H,31,37)(H,32,38)/t11?,12?,13?,14?,15-,16-,17-,18-,19?,20?,21-,22-,23+,24+,25-,26+,27-,28-,29?,30?/m1/s1. The van der Waals surface area contributed by atoms with Crippen LogP contribution in [0.3, 0.4) is 0 Å². The Morgan fingerprint density at radius 2 is 0.927 bits per heavy atom. The predicted molar refractivity (Wildman–Crippen MR) is 167 cm³/mol. The van der Waals surface area contributed by atoms with Crippen molar-refractivity contribution in [2.75, 3.05) is 27.4 Å². The van der Waals surface area contributed by atoms with Crippen LogP contribution in [0, 0.1) is 0 Å². The second-order valence-corrected chi connectivity index (χ2v) is 12.8. The highest BCUT2D eigenvalue weighted by Gasteiger charge is 2.57. The van der Waals surface area contributed by atoms with E-state index in [1.54, 1.807) is 0 Å². The summed E-state index contributed by atoms with van der Waals surface area (Å²) >= 11 is 0. The van der Waals surface area contributed by atoms with E-state index in [2.05, 4.69) is 10.6 Å². The molecule has 25 nitrogen and oxygen atoms in total. The Hall–Kier alpha value is -2.80. The second-order valence-electron chi connectivity index (χ2n) is 12.8. The molecule has 55 heavy (non-hydrogen) atoms. The molecular weight excluding hydrogens is 756 g/mol. The summed E-state index contributed by atoms with van der Waals surface area (Å²) in [6.07, 6.45) is -31.7. The Morgan fingerprint density at radius 1 is 0.527 bits per heavy atom. The molecule has 8 unspecified atom stereocenters. The molecule has 0 radical (unpaired) electrons. The van der Waals surface area contributed by atoms with Crippen LogP contribution < -0.4 is 10.6 Å². The second kappa shape index (κ2) is 20.1. The minimum absolute atomic E-state index is 0.0259. The van der Waals surface area contributed by atoms with Gasteiger partial charge in [0.25, 0.3) is 12.9 Å². The predicted octanol–water partition coefficient (Wildman–Crippen LogP) is -7.88. The minimum Gasteiger partial charge on any atom is -0.435 e. The molecule has 20 atom stereocenters. The molecule has 0 aromatic rings. The first-order valence-electron chi connectivity index (χ1n) is 16.8. The maximum atomic E-state index is 12.4. The maximum absolute atomic E-state index is 12.4. The van der Waals surface area contributed by atoms with E-state index in [-0.39, 0.29) is 12.9 Å². The average Bonchev–Trinajstić information content (AvgIpc) is 3.14. The van der Waals surface area contributed by atoms with Crippen LogP contribution in [0.15, 0.2) is 0 Å². The lowest BCUT2D eigenvalue weighted by Gasteiger charge is -2.50. The van der Waals surface area contributed by atoms with E-state index in [9.17, 15) is 60.0 Å². The van der Waals surface area contributed by atoms with Gasteiger partial charge in [0.1, 0.15) is 79.2 Å². The molecule has 0 bridgehead atoms. The zero-order chi connectivity index (χ0) is 40.7. The summed E-state index contributed by atoms with van der Waals surface area (Å²) in [5.74, 6) is -1.41. The highest BCUT2D eigenvalue weighted by Crippen LogP contribution is 2.35. The highest BCUT2D eigenvalue weighted by atomic mass is 16.8. The van der Waals surface area contributed by atoms with E-state index >= 15 is 0 Å². The molecule has 4 rings (SSSR count). The third-order valence-electron chi connectivity index (χ3n) is 9.21. The van der Waals surface area contributed by atoms with Crippen molar-refractivity contribution in [3.8, 4) is 0 Å². The zero-order valence-electron chi connectivity index (χ0n) is 29.8. The largest absolute Gasteiger partial charge is 0.435 e. The van der Waals surface area contributed by atoms with Gasteiger partial charge >= 0.3 is 0 Å². The molecule has 4 aliphatic rings. The zero-order valence-corrected chi connectivity index (χ0v) is 29.8. The Balaban J connectivity index is 1.61. The monoisotopic (exact) mass is 804 g/mol. The molecule has 25 heteroatoms. The summed E-state index contributed by atoms with van der Waals surface area (Å²) in [5, 5.41) is 90.8. The van der Waals surface area contributed by atoms with E-state index in [0.717, 1.165) is 21.0 Å². The third-order valence-corrected chi connectivity index (χ3v) is 9.21. The van der Waals surface area contributed by atoms with E-state index < -0.39 is 148 Å². The topological polar surface area (TPSA) is 356 Å². The Bertz CT molecular complexity index is 1270. The number of aliphatic hydroxyl groups excluding tert-OH is 8. The molecular formula is C30H48N2O23. The first kappa shape index (κ1) is 44.9. The molecule has 0 aliphatic carbocycles. The van der Waals surface area contributed by atoms with Crippen molar-refractivity contribution in [1.82, 2.24) is 10.6 Å². The van der Waals surface area contributed by atoms with Gasteiger partial charge in [-0.2, -0.15) is 0 Å². The molecule has 4 aliphatic heterocycles. The molecule has 4 saturated heterocycles. The molecule has 2 amide bonds. The van der Waals surface area contributed by atoms with Crippen LogP contribution in [0.2, 0.25) is 0 Å². The lowest BCUT2D eigenvalue weighted by molar-refractivity contribution is -0.396. The van der Waals surface area contributed by atoms with Crippen molar-refractivity contribution >= 4 is 24.8 Å². The van der Waals surface area contributed by atoms with Gasteiger partial charge < -0.3 is 104 Å². The number of amides is 2. The summed E-state index contributed by atoms with van der Waals surface area (Å²) in [7, 11) is 2.33. The van der Waals surface area contributed by atoms with Crippen molar-refractivity contribution in [2.24, 2.45) is 0 Å². The SMILES string of the molecule is CO[C@@H]1OC(CO)[C@@H](O)[C@H](O[C@@H]2OC(OC=O)[C@@H](O[C@@H]3OC(CO)[C@@H](O)[C@H](O[C@@H]4OC(OC=O)[C@@H](OC)[C@H](O)C4O)C3NC(C)=O)[C@H](O)C2O)C1NC(C)=O. The Labute approximate surface area is 312 Å². The highest BCUT2D eigenvalue weighted by molar-refractivity contribution is 5.73. The van der Waals surface area contributed by atoms with E-state index in [1.807, 2.05) is 0 Å². The van der Waals surface area contributed by atoms with E-state index in [1.165, 1.54) is 7.11 Å². The summed E-state index contributed by atoms with van der Waals surface area (Å²) in [5.41, 5.74) is 0. The van der Waals surface area contributed by atoms with E-state index in [0.29, 0.717) is 0 Å². The molecule has 0 aromatic carbocycles. The van der Waals surface area contributed by atoms with Gasteiger partial charge in [0.15, 0.2) is 31.3 Å². The van der Waals surface area contributed by atoms with Crippen LogP contribution in [0.4, 0.5) is 0 Å². The number of ether oxygens (including phenoxy) is 11. The fourth-order valence-electron chi connectivity index (χ4n) is 6.58. The molecule has 316 valence electrons. The van der Waals surface area contributed by atoms with Crippen molar-refractivity contribution in [3.63, 3.8) is 0 Å². The number of hydrogen-bond acceptors (Lipinski definition) is 23. The molecule has 0 aromatic heterocycles. The van der Waals surface area contributed by atoms with Gasteiger partial charge in [-0.05, 0) is 0 Å². The molecule has 4 fully saturated rings. The van der Waals surface area contributed by atoms with Gasteiger partial charge in [0.05, 0.1) is 13.2 Å². The molecule has 0 spiro atoms. The fourth-order valence-corrected chi connectivity index (χ4v) is 6.58. The van der Waals surface area contributed by atoms with Crippen LogP contribution in [0.25, 0.3) is 0 Å². The number of hydrogen-bond donors (Lipinski definition) is 10. The molecule has 0 saturated carbocycles. The van der Waals surface area contributed by atoms with Gasteiger partial charge in [0.2, 0.25) is 24.4 Å². The smallest absolute Gasteiger partial charge is 0.295 e. The van der Waals surface area contributed by atoms with Crippen LogP contribution >= 0.6 is 0 Å². The number of methoxy groups -OCH3 is 2. The molecule has 10 N–H and O–H groups in total. The third kappa shape index (κ3) is 10.0. The quantitative estimate of drug-likeness (QED) is 0.0648. The Kier molecular flexibility index (Phi) is 16.4. The van der Waals surface area contributed by atoms with Crippen LogP contribution in [0.5, 0.6) is 0 Å². The summed E-state index contributed by atoms with van der Waals surface area (Å²) < 4.78 is 59.9. The lowest BCUT2D eigenvalue weighted by atomic mass is 9.95. The lowest BCUT2D eigenvalue weighted by Crippen LogP contribution is -2.70. The van der Waals surface area contributed by atoms with Crippen molar-refractivity contribution < 1.29 is 112 Å². The maximum Gasteiger partial charge on any atom is 0.295 e. The van der Waals surface area contributed by atoms with Crippen molar-refractivity contribution in [2.45, 2.75) is 137 Å². The summed E-state index contributed by atoms with van der Waals surface area (Å²) in [6.45, 7) is 0.371. The number of nitrogens with one attached hydrogen (secondary N) is 2. The van der Waals surface area contributed by atoms with Crippen molar-refractivity contribution in [3.05, 3.63) is 0 Å². The van der Waals surface area contributed by atoms with Crippen LogP contribution in [0.1, 0.15) is 13.8 Å². The van der Waals surface area contributed by atoms with Gasteiger partial charge in [-0.1, -0.05) is 0 Å². The molecule has 4 heterocycles. The minimum atomic E-state index is -2.13. The van der Waals surface area contributed by atoms with Crippen LogP contribution in [-0.4, -0.2) is 216 Å². The number of rotatable bonds is 16. The number of carbonyl (C=O) groups is 4. The van der Waals surface area contributed by atoms with Crippen molar-refractivity contribution in [1.29, 1.82) is 0 Å². The first-order valence-corrected chi connectivity index (χ1v) is 16.8. The summed E-state index contributed by atoms with van der Waals surface area (Å²) in [4.78, 5) is 47.1. The van der Waals surface area contributed by atoms with Gasteiger partial charge in [-0.3, -0.25) is 19.2 Å². The number of carbonyl (C=O) groups excluding carboxylic acids is 4. The number of aliphatic hydroxyl groups is 8. The van der Waals surface area contributed by atoms with E-state index in [4.69, 9.17) is 52.1 Å². The summed E-state index contributed by atoms with van der Waals surface area (Å²) in [6, 6.07) is -2.94. The van der Waals surface area contributed by atoms with Gasteiger partial charge in [0, 0.05) is 28.1 Å². The average molecular weight is 805 g/mol. The Morgan fingerprint density at radius 3 is 1.33 bits per heavy atom. The van der Waals surface area contributed by atoms with Gasteiger partial charge in [-0.15, -0.1) is 0 Å².